The average Bonchev–Trinajstić information content (AvgIpc) is 2.48. The molecule has 0 bridgehead atoms. The van der Waals surface area contributed by atoms with Gasteiger partial charge < -0.3 is 4.74 Å². The van der Waals surface area contributed by atoms with E-state index >= 15 is 0 Å². The molecule has 0 unspecified atom stereocenters. The molecule has 0 aliphatic rings. The summed E-state index contributed by atoms with van der Waals surface area (Å²) in [5, 5.41) is 0.0593. The van der Waals surface area contributed by atoms with Crippen LogP contribution >= 0.6 is 11.6 Å². The number of halogens is 2. The Bertz CT molecular complexity index is 626. The zero-order valence-electron chi connectivity index (χ0n) is 11.0. The van der Waals surface area contributed by atoms with Gasteiger partial charge in [-0.3, -0.25) is 4.79 Å². The molecular weight excluding hydrogens is 279 g/mol. The molecular formula is C16H14ClFO2. The summed E-state index contributed by atoms with van der Waals surface area (Å²) in [4.78, 5) is 11.8. The highest BCUT2D eigenvalue weighted by atomic mass is 35.5. The van der Waals surface area contributed by atoms with Crippen LogP contribution < -0.4 is 4.74 Å². The molecule has 0 heterocycles. The minimum Gasteiger partial charge on any atom is -0.488 e. The van der Waals surface area contributed by atoms with Crippen LogP contribution in [0, 0.1) is 5.82 Å². The van der Waals surface area contributed by atoms with E-state index < -0.39 is 5.82 Å². The van der Waals surface area contributed by atoms with Crippen molar-refractivity contribution in [3.05, 3.63) is 64.4 Å². The third-order valence-corrected chi connectivity index (χ3v) is 3.22. The molecule has 2 aromatic rings. The van der Waals surface area contributed by atoms with Crippen molar-refractivity contribution in [2.24, 2.45) is 0 Å². The molecule has 0 N–H and O–H groups in total. The summed E-state index contributed by atoms with van der Waals surface area (Å²) in [6.07, 6.45) is 0.395. The molecule has 0 radical (unpaired) electrons. The monoisotopic (exact) mass is 292 g/mol. The summed E-state index contributed by atoms with van der Waals surface area (Å²) in [6, 6.07) is 11.7. The van der Waals surface area contributed by atoms with Crippen molar-refractivity contribution in [3.8, 4) is 5.75 Å². The highest BCUT2D eigenvalue weighted by molar-refractivity contribution is 6.30. The maximum Gasteiger partial charge on any atom is 0.166 e. The lowest BCUT2D eigenvalue weighted by atomic mass is 10.1. The SMILES string of the molecule is CCC(=O)c1ccccc1OCc1cccc(Cl)c1F. The lowest BCUT2D eigenvalue weighted by molar-refractivity contribution is 0.0983. The van der Waals surface area contributed by atoms with E-state index in [1.807, 2.05) is 0 Å². The first-order chi connectivity index (χ1) is 9.63. The zero-order valence-corrected chi connectivity index (χ0v) is 11.8. The lowest BCUT2D eigenvalue weighted by Crippen LogP contribution is -2.04. The fraction of sp³-hybridized carbons (Fsp3) is 0.188. The van der Waals surface area contributed by atoms with Crippen LogP contribution in [0.15, 0.2) is 42.5 Å². The second-order valence-corrected chi connectivity index (χ2v) is 4.68. The summed E-state index contributed by atoms with van der Waals surface area (Å²) >= 11 is 5.72. The molecule has 2 nitrogen and oxygen atoms in total. The molecule has 104 valence electrons. The van der Waals surface area contributed by atoms with Crippen molar-refractivity contribution in [2.45, 2.75) is 20.0 Å². The highest BCUT2D eigenvalue weighted by Gasteiger charge is 2.12. The van der Waals surface area contributed by atoms with Crippen molar-refractivity contribution >= 4 is 17.4 Å². The molecule has 20 heavy (non-hydrogen) atoms. The van der Waals surface area contributed by atoms with E-state index in [1.54, 1.807) is 43.3 Å². The first-order valence-electron chi connectivity index (χ1n) is 6.31. The quantitative estimate of drug-likeness (QED) is 0.750. The van der Waals surface area contributed by atoms with Gasteiger partial charge in [-0.15, -0.1) is 0 Å². The molecule has 0 saturated heterocycles. The van der Waals surface area contributed by atoms with E-state index in [2.05, 4.69) is 0 Å². The first-order valence-corrected chi connectivity index (χ1v) is 6.69. The van der Waals surface area contributed by atoms with Crippen molar-refractivity contribution in [1.82, 2.24) is 0 Å². The van der Waals surface area contributed by atoms with E-state index in [9.17, 15) is 9.18 Å². The number of carbonyl (C=O) groups is 1. The van der Waals surface area contributed by atoms with E-state index in [0.717, 1.165) is 0 Å². The number of Topliss-reactive ketones (excluding diaryl/α,β-unsaturated/α-hetero) is 1. The lowest BCUT2D eigenvalue weighted by Gasteiger charge is -2.11. The Balaban J connectivity index is 2.19. The summed E-state index contributed by atoms with van der Waals surface area (Å²) < 4.78 is 19.3. The largest absolute Gasteiger partial charge is 0.488 e. The Labute approximate surface area is 122 Å². The predicted molar refractivity (Wildman–Crippen MR) is 76.8 cm³/mol. The van der Waals surface area contributed by atoms with Gasteiger partial charge in [0.15, 0.2) is 5.78 Å². The number of hydrogen-bond acceptors (Lipinski definition) is 2. The van der Waals surface area contributed by atoms with Crippen molar-refractivity contribution in [3.63, 3.8) is 0 Å². The molecule has 0 atom stereocenters. The fourth-order valence-corrected chi connectivity index (χ4v) is 2.02. The van der Waals surface area contributed by atoms with E-state index in [0.29, 0.717) is 23.3 Å². The third-order valence-electron chi connectivity index (χ3n) is 2.92. The Morgan fingerprint density at radius 3 is 2.70 bits per heavy atom. The van der Waals surface area contributed by atoms with Gasteiger partial charge in [-0.2, -0.15) is 0 Å². The molecule has 0 aliphatic heterocycles. The summed E-state index contributed by atoms with van der Waals surface area (Å²) in [5.41, 5.74) is 0.869. The summed E-state index contributed by atoms with van der Waals surface area (Å²) in [7, 11) is 0. The smallest absolute Gasteiger partial charge is 0.166 e. The molecule has 0 aromatic heterocycles. The van der Waals surface area contributed by atoms with E-state index in [1.165, 1.54) is 6.07 Å². The molecule has 0 amide bonds. The topological polar surface area (TPSA) is 26.3 Å². The molecule has 0 spiro atoms. The molecule has 0 fully saturated rings. The summed E-state index contributed by atoms with van der Waals surface area (Å²) in [6.45, 7) is 1.82. The van der Waals surface area contributed by atoms with Crippen LogP contribution in [0.5, 0.6) is 5.75 Å². The Hall–Kier alpha value is -1.87. The zero-order chi connectivity index (χ0) is 14.5. The molecule has 2 aromatic carbocycles. The van der Waals surface area contributed by atoms with Gasteiger partial charge in [-0.05, 0) is 18.2 Å². The standard InChI is InChI=1S/C16H14ClFO2/c1-2-14(19)12-7-3-4-9-15(12)20-10-11-6-5-8-13(17)16(11)18/h3-9H,2,10H2,1H3. The van der Waals surface area contributed by atoms with Crippen LogP contribution in [-0.4, -0.2) is 5.78 Å². The van der Waals surface area contributed by atoms with Gasteiger partial charge in [0, 0.05) is 12.0 Å². The predicted octanol–water partition coefficient (Wildman–Crippen LogP) is 4.65. The molecule has 0 aliphatic carbocycles. The van der Waals surface area contributed by atoms with Crippen LogP contribution in [-0.2, 0) is 6.61 Å². The van der Waals surface area contributed by atoms with Gasteiger partial charge in [-0.1, -0.05) is 42.8 Å². The van der Waals surface area contributed by atoms with Gasteiger partial charge in [0.05, 0.1) is 10.6 Å². The van der Waals surface area contributed by atoms with Gasteiger partial charge in [0.2, 0.25) is 0 Å². The Morgan fingerprint density at radius 1 is 1.20 bits per heavy atom. The minimum absolute atomic E-state index is 0.00725. The maximum atomic E-state index is 13.8. The van der Waals surface area contributed by atoms with Crippen LogP contribution in [0.25, 0.3) is 0 Å². The van der Waals surface area contributed by atoms with Crippen LogP contribution in [0.3, 0.4) is 0 Å². The van der Waals surface area contributed by atoms with E-state index in [-0.39, 0.29) is 17.4 Å². The Kier molecular flexibility index (Phi) is 4.74. The van der Waals surface area contributed by atoms with Gasteiger partial charge >= 0.3 is 0 Å². The average molecular weight is 293 g/mol. The normalized spacial score (nSPS) is 10.3. The van der Waals surface area contributed by atoms with Crippen LogP contribution in [0.4, 0.5) is 4.39 Å². The summed E-state index contributed by atoms with van der Waals surface area (Å²) in [5.74, 6) is -0.0423. The number of benzene rings is 2. The highest BCUT2D eigenvalue weighted by Crippen LogP contribution is 2.23. The Morgan fingerprint density at radius 2 is 1.95 bits per heavy atom. The molecule has 4 heteroatoms. The molecule has 2 rings (SSSR count). The number of ketones is 1. The van der Waals surface area contributed by atoms with E-state index in [4.69, 9.17) is 16.3 Å². The number of ether oxygens (including phenoxy) is 1. The third kappa shape index (κ3) is 3.17. The number of hydrogen-bond donors (Lipinski definition) is 0. The van der Waals surface area contributed by atoms with Crippen LogP contribution in [0.2, 0.25) is 5.02 Å². The number of para-hydroxylation sites is 1. The van der Waals surface area contributed by atoms with Crippen LogP contribution in [0.1, 0.15) is 29.3 Å². The van der Waals surface area contributed by atoms with Gasteiger partial charge in [0.1, 0.15) is 18.2 Å². The number of carbonyl (C=O) groups excluding carboxylic acids is 1. The van der Waals surface area contributed by atoms with Gasteiger partial charge in [0.25, 0.3) is 0 Å². The molecule has 0 saturated carbocycles. The van der Waals surface area contributed by atoms with Gasteiger partial charge in [-0.25, -0.2) is 4.39 Å². The fourth-order valence-electron chi connectivity index (χ4n) is 1.83. The second-order valence-electron chi connectivity index (χ2n) is 4.27. The minimum atomic E-state index is -0.492. The second kappa shape index (κ2) is 6.53. The maximum absolute atomic E-state index is 13.8. The van der Waals surface area contributed by atoms with Crippen molar-refractivity contribution in [2.75, 3.05) is 0 Å². The van der Waals surface area contributed by atoms with Crippen molar-refractivity contribution in [1.29, 1.82) is 0 Å². The first kappa shape index (κ1) is 14.5. The number of rotatable bonds is 5. The van der Waals surface area contributed by atoms with Crippen molar-refractivity contribution < 1.29 is 13.9 Å².